The number of thiophene rings is 1. The van der Waals surface area contributed by atoms with Crippen LogP contribution in [-0.4, -0.2) is 15.7 Å². The van der Waals surface area contributed by atoms with E-state index in [1.54, 1.807) is 23.1 Å². The van der Waals surface area contributed by atoms with E-state index in [9.17, 15) is 4.79 Å². The molecule has 3 heterocycles. The van der Waals surface area contributed by atoms with E-state index < -0.39 is 0 Å². The van der Waals surface area contributed by atoms with Crippen LogP contribution in [0, 0.1) is 12.8 Å². The molecule has 0 saturated heterocycles. The average molecular weight is 513 g/mol. The molecule has 2 aromatic heterocycles. The maximum absolute atomic E-state index is 14.1. The minimum atomic E-state index is 0.0196. The lowest BCUT2D eigenvalue weighted by Gasteiger charge is -2.26. The van der Waals surface area contributed by atoms with Crippen LogP contribution in [0.25, 0.3) is 26.7 Å². The highest BCUT2D eigenvalue weighted by Crippen LogP contribution is 2.37. The van der Waals surface area contributed by atoms with Crippen LogP contribution in [0.4, 0.5) is 0 Å². The summed E-state index contributed by atoms with van der Waals surface area (Å²) in [6.07, 6.45) is 0.892. The highest BCUT2D eigenvalue weighted by Gasteiger charge is 2.28. The Morgan fingerprint density at radius 1 is 1.08 bits per heavy atom. The van der Waals surface area contributed by atoms with Gasteiger partial charge in [-0.05, 0) is 46.9 Å². The van der Waals surface area contributed by atoms with Crippen molar-refractivity contribution in [3.63, 3.8) is 0 Å². The Hall–Kier alpha value is -2.93. The van der Waals surface area contributed by atoms with Gasteiger partial charge < -0.3 is 4.74 Å². The van der Waals surface area contributed by atoms with Crippen LogP contribution in [-0.2, 0) is 23.5 Å². The van der Waals surface area contributed by atoms with E-state index in [1.165, 1.54) is 16.3 Å². The molecule has 6 rings (SSSR count). The Kier molecular flexibility index (Phi) is 6.20. The van der Waals surface area contributed by atoms with Gasteiger partial charge in [-0.3, -0.25) is 9.36 Å². The van der Waals surface area contributed by atoms with Crippen molar-refractivity contribution in [3.05, 3.63) is 98.7 Å². The predicted molar refractivity (Wildman–Crippen MR) is 151 cm³/mol. The van der Waals surface area contributed by atoms with E-state index in [2.05, 4.69) is 75.4 Å². The first-order valence-corrected chi connectivity index (χ1v) is 14.1. The van der Waals surface area contributed by atoms with Gasteiger partial charge in [0.2, 0.25) is 0 Å². The number of benzene rings is 3. The van der Waals surface area contributed by atoms with Crippen LogP contribution < -0.4 is 5.56 Å². The molecule has 1 unspecified atom stereocenters. The van der Waals surface area contributed by atoms with Crippen molar-refractivity contribution < 1.29 is 4.74 Å². The van der Waals surface area contributed by atoms with Gasteiger partial charge in [-0.1, -0.05) is 85.8 Å². The van der Waals surface area contributed by atoms with Crippen molar-refractivity contribution in [2.24, 2.45) is 5.92 Å². The molecule has 3 aromatic carbocycles. The number of nitrogens with zero attached hydrogens (tertiary/aromatic N) is 2. The van der Waals surface area contributed by atoms with Gasteiger partial charge in [-0.2, -0.15) is 0 Å². The molecule has 36 heavy (non-hydrogen) atoms. The van der Waals surface area contributed by atoms with E-state index >= 15 is 0 Å². The van der Waals surface area contributed by atoms with Gasteiger partial charge in [0.25, 0.3) is 5.56 Å². The first-order chi connectivity index (χ1) is 17.5. The highest BCUT2D eigenvalue weighted by molar-refractivity contribution is 7.98. The fraction of sp³-hybridized carbons (Fsp3) is 0.267. The second kappa shape index (κ2) is 9.51. The summed E-state index contributed by atoms with van der Waals surface area (Å²) in [5.74, 6) is 1.13. The molecule has 4 nitrogen and oxygen atoms in total. The Morgan fingerprint density at radius 3 is 2.67 bits per heavy atom. The minimum Gasteiger partial charge on any atom is -0.372 e. The molecule has 6 heteroatoms. The van der Waals surface area contributed by atoms with Crippen molar-refractivity contribution >= 4 is 44.1 Å². The predicted octanol–water partition coefficient (Wildman–Crippen LogP) is 7.30. The molecule has 0 fully saturated rings. The average Bonchev–Trinajstić information content (AvgIpc) is 3.26. The second-order valence-electron chi connectivity index (χ2n) is 9.78. The number of hydrogen-bond donors (Lipinski definition) is 0. The fourth-order valence-electron chi connectivity index (χ4n) is 4.92. The van der Waals surface area contributed by atoms with Crippen LogP contribution >= 0.6 is 23.1 Å². The second-order valence-corrected chi connectivity index (χ2v) is 11.8. The minimum absolute atomic E-state index is 0.0196. The molecule has 182 valence electrons. The first kappa shape index (κ1) is 23.5. The zero-order valence-electron chi connectivity index (χ0n) is 20.7. The number of rotatable bonds is 5. The van der Waals surface area contributed by atoms with E-state index in [0.29, 0.717) is 12.5 Å². The van der Waals surface area contributed by atoms with Crippen molar-refractivity contribution in [1.82, 2.24) is 9.55 Å². The zero-order valence-corrected chi connectivity index (χ0v) is 22.3. The lowest BCUT2D eigenvalue weighted by Crippen LogP contribution is -2.28. The maximum atomic E-state index is 14.1. The molecule has 5 aromatic rings. The number of aromatic nitrogens is 2. The molecule has 0 saturated carbocycles. The summed E-state index contributed by atoms with van der Waals surface area (Å²) in [5, 5.41) is 3.95. The molecule has 1 aliphatic heterocycles. The summed E-state index contributed by atoms with van der Waals surface area (Å²) in [7, 11) is 0. The molecule has 0 amide bonds. The number of hydrogen-bond acceptors (Lipinski definition) is 5. The molecule has 0 radical (unpaired) electrons. The first-order valence-electron chi connectivity index (χ1n) is 12.3. The van der Waals surface area contributed by atoms with Gasteiger partial charge in [-0.25, -0.2) is 4.98 Å². The van der Waals surface area contributed by atoms with Crippen LogP contribution in [0.3, 0.4) is 0 Å². The highest BCUT2D eigenvalue weighted by atomic mass is 32.2. The molecule has 0 spiro atoms. The third-order valence-corrected chi connectivity index (χ3v) is 9.07. The Labute approximate surface area is 219 Å². The maximum Gasteiger partial charge on any atom is 0.267 e. The van der Waals surface area contributed by atoms with Gasteiger partial charge in [0, 0.05) is 17.1 Å². The standard InChI is InChI=1S/C30H28N2O2S2/c1-18(2)25-15-24-26(16-34-25)36-28-27(24)29(33)32(22-13-11-19(3)12-14-22)30(31-28)35-17-21-9-6-8-20-7-4-5-10-23(20)21/h4-14,18,25H,15-17H2,1-3H3. The summed E-state index contributed by atoms with van der Waals surface area (Å²) in [6.45, 7) is 6.97. The number of aryl methyl sites for hydroxylation is 1. The van der Waals surface area contributed by atoms with Crippen molar-refractivity contribution in [2.45, 2.75) is 50.8 Å². The summed E-state index contributed by atoms with van der Waals surface area (Å²) < 4.78 is 7.92. The quantitative estimate of drug-likeness (QED) is 0.183. The number of fused-ring (bicyclic) bond motifs is 4. The third kappa shape index (κ3) is 4.17. The lowest BCUT2D eigenvalue weighted by atomic mass is 9.96. The molecule has 0 aliphatic carbocycles. The number of thioether (sulfide) groups is 1. The third-order valence-electron chi connectivity index (χ3n) is 6.98. The van der Waals surface area contributed by atoms with Crippen molar-refractivity contribution in [2.75, 3.05) is 0 Å². The zero-order chi connectivity index (χ0) is 24.8. The Balaban J connectivity index is 1.49. The van der Waals surface area contributed by atoms with E-state index in [0.717, 1.165) is 49.2 Å². The topological polar surface area (TPSA) is 44.1 Å². The molecule has 0 N–H and O–H groups in total. The van der Waals surface area contributed by atoms with E-state index in [4.69, 9.17) is 9.72 Å². The fourth-order valence-corrected chi connectivity index (χ4v) is 7.10. The molecule has 1 atom stereocenters. The summed E-state index contributed by atoms with van der Waals surface area (Å²) in [4.78, 5) is 21.2. The molecule has 1 aliphatic rings. The van der Waals surface area contributed by atoms with Crippen LogP contribution in [0.5, 0.6) is 0 Å². The van der Waals surface area contributed by atoms with Gasteiger partial charge in [-0.15, -0.1) is 11.3 Å². The molecule has 0 bridgehead atoms. The van der Waals surface area contributed by atoms with E-state index in [1.807, 2.05) is 16.7 Å². The number of ether oxygens (including phenoxy) is 1. The molecular formula is C30H28N2O2S2. The van der Waals surface area contributed by atoms with Gasteiger partial charge in [0.05, 0.1) is 23.8 Å². The van der Waals surface area contributed by atoms with Crippen molar-refractivity contribution in [1.29, 1.82) is 0 Å². The van der Waals surface area contributed by atoms with Gasteiger partial charge >= 0.3 is 0 Å². The molecular weight excluding hydrogens is 484 g/mol. The van der Waals surface area contributed by atoms with Crippen molar-refractivity contribution in [3.8, 4) is 5.69 Å². The van der Waals surface area contributed by atoms with Gasteiger partial charge in [0.1, 0.15) is 4.83 Å². The van der Waals surface area contributed by atoms with E-state index in [-0.39, 0.29) is 11.7 Å². The Morgan fingerprint density at radius 2 is 1.86 bits per heavy atom. The summed E-state index contributed by atoms with van der Waals surface area (Å²) in [6, 6.07) is 23.0. The largest absolute Gasteiger partial charge is 0.372 e. The Bertz CT molecular complexity index is 1630. The normalized spacial score (nSPS) is 15.6. The smallest absolute Gasteiger partial charge is 0.267 e. The van der Waals surface area contributed by atoms with Crippen LogP contribution in [0.15, 0.2) is 76.7 Å². The summed E-state index contributed by atoms with van der Waals surface area (Å²) >= 11 is 3.23. The lowest BCUT2D eigenvalue weighted by molar-refractivity contribution is 0.00200. The SMILES string of the molecule is Cc1ccc(-n2c(SCc3cccc4ccccc34)nc3sc4c(c3c2=O)CC(C(C)C)OC4)cc1. The summed E-state index contributed by atoms with van der Waals surface area (Å²) in [5.41, 5.74) is 4.40. The monoisotopic (exact) mass is 512 g/mol. The van der Waals surface area contributed by atoms with Crippen LogP contribution in [0.2, 0.25) is 0 Å². The van der Waals surface area contributed by atoms with Crippen LogP contribution in [0.1, 0.15) is 35.4 Å². The van der Waals surface area contributed by atoms with Gasteiger partial charge in [0.15, 0.2) is 5.16 Å².